The van der Waals surface area contributed by atoms with E-state index in [1.54, 1.807) is 26.3 Å². The minimum atomic E-state index is -0.395. The normalized spacial score (nSPS) is 11.9. The fraction of sp³-hybridized carbons (Fsp3) is 0.333. The Morgan fingerprint density at radius 1 is 1.53 bits per heavy atom. The van der Waals surface area contributed by atoms with Crippen molar-refractivity contribution in [2.45, 2.75) is 19.5 Å². The number of rotatable bonds is 5. The molecule has 7 heteroatoms. The summed E-state index contributed by atoms with van der Waals surface area (Å²) >= 11 is 0. The van der Waals surface area contributed by atoms with Gasteiger partial charge in [-0.25, -0.2) is 14.6 Å². The van der Waals surface area contributed by atoms with Crippen molar-refractivity contribution in [1.29, 1.82) is 0 Å². The molecule has 1 unspecified atom stereocenters. The lowest BCUT2D eigenvalue weighted by Crippen LogP contribution is -2.30. The van der Waals surface area contributed by atoms with Gasteiger partial charge in [-0.3, -0.25) is 4.79 Å². The van der Waals surface area contributed by atoms with Crippen LogP contribution in [0.3, 0.4) is 0 Å². The first-order chi connectivity index (χ1) is 9.20. The molecule has 1 amide bonds. The number of carbonyl (C=O) groups excluding carboxylic acids is 1. The van der Waals surface area contributed by atoms with Crippen LogP contribution < -0.4 is 10.1 Å². The van der Waals surface area contributed by atoms with Crippen LogP contribution in [0.1, 0.15) is 18.5 Å². The second kappa shape index (κ2) is 5.94. The third-order valence-corrected chi connectivity index (χ3v) is 2.69. The van der Waals surface area contributed by atoms with Crippen molar-refractivity contribution in [1.82, 2.24) is 25.1 Å². The van der Waals surface area contributed by atoms with E-state index in [4.69, 9.17) is 4.74 Å². The zero-order chi connectivity index (χ0) is 13.7. The molecule has 1 N–H and O–H groups in total. The van der Waals surface area contributed by atoms with E-state index < -0.39 is 6.04 Å². The maximum absolute atomic E-state index is 11.9. The number of carbonyl (C=O) groups is 1. The minimum Gasteiger partial charge on any atom is -0.481 e. The molecule has 2 aromatic heterocycles. The Kier molecular flexibility index (Phi) is 4.07. The number of pyridine rings is 1. The molecule has 2 heterocycles. The maximum atomic E-state index is 11.9. The fourth-order valence-corrected chi connectivity index (χ4v) is 1.51. The lowest BCUT2D eigenvalue weighted by atomic mass is 10.2. The summed E-state index contributed by atoms with van der Waals surface area (Å²) in [5.74, 6) is 0.423. The van der Waals surface area contributed by atoms with Crippen LogP contribution in [0.2, 0.25) is 0 Å². The lowest BCUT2D eigenvalue weighted by Gasteiger charge is -2.12. The lowest BCUT2D eigenvalue weighted by molar-refractivity contribution is -0.124. The van der Waals surface area contributed by atoms with Crippen molar-refractivity contribution in [3.8, 4) is 5.88 Å². The minimum absolute atomic E-state index is 0.124. The smallest absolute Gasteiger partial charge is 0.244 e. The number of amides is 1. The van der Waals surface area contributed by atoms with Crippen LogP contribution in [0.5, 0.6) is 5.88 Å². The molecule has 1 atom stereocenters. The van der Waals surface area contributed by atoms with Crippen LogP contribution in [0.4, 0.5) is 0 Å². The van der Waals surface area contributed by atoms with Gasteiger partial charge in [0.15, 0.2) is 0 Å². The van der Waals surface area contributed by atoms with Crippen LogP contribution in [0.25, 0.3) is 0 Å². The van der Waals surface area contributed by atoms with Gasteiger partial charge in [0.1, 0.15) is 18.7 Å². The Balaban J connectivity index is 1.89. The highest BCUT2D eigenvalue weighted by molar-refractivity contribution is 5.79. The van der Waals surface area contributed by atoms with Gasteiger partial charge in [0.2, 0.25) is 11.8 Å². The molecule has 100 valence electrons. The van der Waals surface area contributed by atoms with Gasteiger partial charge in [0, 0.05) is 18.8 Å². The van der Waals surface area contributed by atoms with Crippen LogP contribution in [0.15, 0.2) is 31.0 Å². The third kappa shape index (κ3) is 3.27. The molecule has 2 rings (SSSR count). The van der Waals surface area contributed by atoms with Crippen LogP contribution in [-0.4, -0.2) is 32.8 Å². The first-order valence-corrected chi connectivity index (χ1v) is 5.81. The fourth-order valence-electron chi connectivity index (χ4n) is 1.51. The molecule has 0 spiro atoms. The Hall–Kier alpha value is -2.44. The Morgan fingerprint density at radius 3 is 2.95 bits per heavy atom. The average Bonchev–Trinajstić information content (AvgIpc) is 2.98. The van der Waals surface area contributed by atoms with Crippen LogP contribution >= 0.6 is 0 Å². The number of hydrogen-bond acceptors (Lipinski definition) is 5. The highest BCUT2D eigenvalue weighted by atomic mass is 16.5. The molecular weight excluding hydrogens is 246 g/mol. The van der Waals surface area contributed by atoms with E-state index in [2.05, 4.69) is 20.4 Å². The molecular formula is C12H15N5O2. The predicted octanol–water partition coefficient (Wildman–Crippen LogP) is 0.559. The van der Waals surface area contributed by atoms with E-state index in [0.29, 0.717) is 12.4 Å². The standard InChI is InChI=1S/C12H15N5O2/c1-9(17-8-13-7-16-17)12(18)15-6-10-3-4-11(19-2)14-5-10/h3-5,7-9H,6H2,1-2H3,(H,15,18). The molecule has 0 fully saturated rings. The Morgan fingerprint density at radius 2 is 2.37 bits per heavy atom. The summed E-state index contributed by atoms with van der Waals surface area (Å²) in [5.41, 5.74) is 0.903. The molecule has 0 radical (unpaired) electrons. The molecule has 0 aliphatic carbocycles. The SMILES string of the molecule is COc1ccc(CNC(=O)C(C)n2cncn2)cn1. The van der Waals surface area contributed by atoms with Gasteiger partial charge in [0.05, 0.1) is 7.11 Å². The first kappa shape index (κ1) is 13.0. The topological polar surface area (TPSA) is 81.9 Å². The summed E-state index contributed by atoms with van der Waals surface area (Å²) < 4.78 is 6.47. The molecule has 0 bridgehead atoms. The van der Waals surface area contributed by atoms with Gasteiger partial charge < -0.3 is 10.1 Å². The number of nitrogens with one attached hydrogen (secondary N) is 1. The molecule has 7 nitrogen and oxygen atoms in total. The van der Waals surface area contributed by atoms with Crippen molar-refractivity contribution in [3.63, 3.8) is 0 Å². The quantitative estimate of drug-likeness (QED) is 0.850. The van der Waals surface area contributed by atoms with Gasteiger partial charge in [0.25, 0.3) is 0 Å². The van der Waals surface area contributed by atoms with E-state index in [0.717, 1.165) is 5.56 Å². The Bertz CT molecular complexity index is 524. The van der Waals surface area contributed by atoms with Crippen molar-refractivity contribution < 1.29 is 9.53 Å². The van der Waals surface area contributed by atoms with E-state index in [1.165, 1.54) is 17.3 Å². The molecule has 0 aliphatic heterocycles. The third-order valence-electron chi connectivity index (χ3n) is 2.69. The monoisotopic (exact) mass is 261 g/mol. The molecule has 2 aromatic rings. The van der Waals surface area contributed by atoms with Gasteiger partial charge in [-0.2, -0.15) is 5.10 Å². The maximum Gasteiger partial charge on any atom is 0.244 e. The number of aromatic nitrogens is 4. The van der Waals surface area contributed by atoms with Crippen molar-refractivity contribution in [2.24, 2.45) is 0 Å². The predicted molar refractivity (Wildman–Crippen MR) is 67.4 cm³/mol. The van der Waals surface area contributed by atoms with E-state index >= 15 is 0 Å². The van der Waals surface area contributed by atoms with Gasteiger partial charge in [-0.05, 0) is 12.5 Å². The van der Waals surface area contributed by atoms with Gasteiger partial charge in [-0.1, -0.05) is 6.07 Å². The second-order valence-electron chi connectivity index (χ2n) is 3.98. The highest BCUT2D eigenvalue weighted by Gasteiger charge is 2.14. The summed E-state index contributed by atoms with van der Waals surface area (Å²) in [6, 6.07) is 3.21. The van der Waals surface area contributed by atoms with Gasteiger partial charge >= 0.3 is 0 Å². The van der Waals surface area contributed by atoms with Crippen molar-refractivity contribution in [3.05, 3.63) is 36.5 Å². The molecule has 0 saturated heterocycles. The average molecular weight is 261 g/mol. The second-order valence-corrected chi connectivity index (χ2v) is 3.98. The summed E-state index contributed by atoms with van der Waals surface area (Å²) in [6.45, 7) is 2.17. The number of methoxy groups -OCH3 is 1. The van der Waals surface area contributed by atoms with Crippen LogP contribution in [-0.2, 0) is 11.3 Å². The summed E-state index contributed by atoms with van der Waals surface area (Å²) in [7, 11) is 1.56. The molecule has 0 aromatic carbocycles. The Labute approximate surface area is 110 Å². The molecule has 0 saturated carbocycles. The summed E-state index contributed by atoms with van der Waals surface area (Å²) in [4.78, 5) is 19.8. The molecule has 0 aliphatic rings. The van der Waals surface area contributed by atoms with Crippen molar-refractivity contribution in [2.75, 3.05) is 7.11 Å². The van der Waals surface area contributed by atoms with Gasteiger partial charge in [-0.15, -0.1) is 0 Å². The number of hydrogen-bond donors (Lipinski definition) is 1. The van der Waals surface area contributed by atoms with Crippen molar-refractivity contribution >= 4 is 5.91 Å². The number of nitrogens with zero attached hydrogens (tertiary/aromatic N) is 4. The van der Waals surface area contributed by atoms with E-state index in [9.17, 15) is 4.79 Å². The zero-order valence-corrected chi connectivity index (χ0v) is 10.8. The summed E-state index contributed by atoms with van der Waals surface area (Å²) in [5, 5.41) is 6.75. The zero-order valence-electron chi connectivity index (χ0n) is 10.8. The molecule has 19 heavy (non-hydrogen) atoms. The summed E-state index contributed by atoms with van der Waals surface area (Å²) in [6.07, 6.45) is 4.58. The van der Waals surface area contributed by atoms with Crippen LogP contribution in [0, 0.1) is 0 Å². The van der Waals surface area contributed by atoms with E-state index in [-0.39, 0.29) is 5.91 Å². The first-order valence-electron chi connectivity index (χ1n) is 5.81. The highest BCUT2D eigenvalue weighted by Crippen LogP contribution is 2.07. The number of ether oxygens (including phenoxy) is 1. The largest absolute Gasteiger partial charge is 0.481 e. The van der Waals surface area contributed by atoms with E-state index in [1.807, 2.05) is 6.07 Å².